The van der Waals surface area contributed by atoms with Crippen LogP contribution in [0.3, 0.4) is 0 Å². The summed E-state index contributed by atoms with van der Waals surface area (Å²) in [4.78, 5) is 13.9. The van der Waals surface area contributed by atoms with Crippen LogP contribution in [0.25, 0.3) is 0 Å². The van der Waals surface area contributed by atoms with Crippen molar-refractivity contribution in [2.45, 2.75) is 51.8 Å². The van der Waals surface area contributed by atoms with Crippen LogP contribution >= 0.6 is 0 Å². The second-order valence-electron chi connectivity index (χ2n) is 6.08. The Balaban J connectivity index is 2.30. The molecule has 5 nitrogen and oxygen atoms in total. The van der Waals surface area contributed by atoms with Crippen molar-refractivity contribution < 1.29 is 9.53 Å². The van der Waals surface area contributed by atoms with E-state index in [1.807, 2.05) is 25.7 Å². The van der Waals surface area contributed by atoms with Crippen molar-refractivity contribution in [1.29, 1.82) is 0 Å². The maximum absolute atomic E-state index is 12.0. The molecule has 1 aliphatic rings. The summed E-state index contributed by atoms with van der Waals surface area (Å²) in [5.41, 5.74) is 5.73. The molecule has 0 aromatic carbocycles. The van der Waals surface area contributed by atoms with Gasteiger partial charge in [0.05, 0.1) is 12.2 Å². The fourth-order valence-electron chi connectivity index (χ4n) is 1.93. The third-order valence-electron chi connectivity index (χ3n) is 2.89. The number of nitrogens with two attached hydrogens (primary N) is 1. The second kappa shape index (κ2) is 6.50. The number of nitrogens with zero attached hydrogens (tertiary/aromatic N) is 1. The zero-order chi connectivity index (χ0) is 13.8. The van der Waals surface area contributed by atoms with Crippen LogP contribution in [0.2, 0.25) is 0 Å². The first-order chi connectivity index (χ1) is 8.28. The number of piperazine rings is 1. The highest BCUT2D eigenvalue weighted by atomic mass is 16.5. The first-order valence-electron chi connectivity index (χ1n) is 6.68. The van der Waals surface area contributed by atoms with E-state index < -0.39 is 0 Å². The number of amides is 1. The van der Waals surface area contributed by atoms with E-state index >= 15 is 0 Å². The lowest BCUT2D eigenvalue weighted by molar-refractivity contribution is -0.133. The van der Waals surface area contributed by atoms with E-state index in [1.165, 1.54) is 0 Å². The van der Waals surface area contributed by atoms with Crippen molar-refractivity contribution >= 4 is 5.91 Å². The highest BCUT2D eigenvalue weighted by molar-refractivity contribution is 5.77. The lowest BCUT2D eigenvalue weighted by atomic mass is 10.1. The monoisotopic (exact) mass is 257 g/mol. The number of hydrogen-bond donors (Lipinski definition) is 2. The molecule has 106 valence electrons. The molecule has 0 aromatic heterocycles. The Morgan fingerprint density at radius 3 is 2.78 bits per heavy atom. The summed E-state index contributed by atoms with van der Waals surface area (Å²) >= 11 is 0. The van der Waals surface area contributed by atoms with Gasteiger partial charge in [-0.15, -0.1) is 0 Å². The SMILES string of the molecule is C[C@@H]1CN(C(=O)C[C@H](N)COC(C)(C)C)CCN1. The topological polar surface area (TPSA) is 67.6 Å². The molecule has 2 atom stereocenters. The van der Waals surface area contributed by atoms with Crippen molar-refractivity contribution in [2.24, 2.45) is 5.73 Å². The average molecular weight is 257 g/mol. The first-order valence-corrected chi connectivity index (χ1v) is 6.68. The largest absolute Gasteiger partial charge is 0.374 e. The minimum Gasteiger partial charge on any atom is -0.374 e. The van der Waals surface area contributed by atoms with Gasteiger partial charge in [-0.3, -0.25) is 4.79 Å². The van der Waals surface area contributed by atoms with E-state index in [0.29, 0.717) is 19.1 Å². The molecule has 1 heterocycles. The number of carbonyl (C=O) groups excluding carboxylic acids is 1. The second-order valence-corrected chi connectivity index (χ2v) is 6.08. The Morgan fingerprint density at radius 1 is 1.56 bits per heavy atom. The Kier molecular flexibility index (Phi) is 5.56. The summed E-state index contributed by atoms with van der Waals surface area (Å²) in [6.45, 7) is 10.9. The lowest BCUT2D eigenvalue weighted by Gasteiger charge is -2.32. The van der Waals surface area contributed by atoms with Crippen molar-refractivity contribution in [2.75, 3.05) is 26.2 Å². The predicted octanol–water partition coefficient (Wildman–Crippen LogP) is 0.339. The summed E-state index contributed by atoms with van der Waals surface area (Å²) in [7, 11) is 0. The third kappa shape index (κ3) is 5.80. The fraction of sp³-hybridized carbons (Fsp3) is 0.923. The van der Waals surface area contributed by atoms with E-state index in [9.17, 15) is 4.79 Å². The molecule has 5 heteroatoms. The molecule has 0 aromatic rings. The normalized spacial score (nSPS) is 22.9. The van der Waals surface area contributed by atoms with Crippen LogP contribution in [0, 0.1) is 0 Å². The van der Waals surface area contributed by atoms with Crippen LogP contribution in [0.5, 0.6) is 0 Å². The molecule has 0 unspecified atom stereocenters. The Hall–Kier alpha value is -0.650. The van der Waals surface area contributed by atoms with Gasteiger partial charge < -0.3 is 20.7 Å². The van der Waals surface area contributed by atoms with Crippen molar-refractivity contribution in [1.82, 2.24) is 10.2 Å². The van der Waals surface area contributed by atoms with Gasteiger partial charge in [-0.25, -0.2) is 0 Å². The molecule has 1 saturated heterocycles. The molecule has 0 spiro atoms. The molecule has 1 amide bonds. The number of rotatable bonds is 4. The van der Waals surface area contributed by atoms with Gasteiger partial charge in [-0.1, -0.05) is 0 Å². The molecule has 0 bridgehead atoms. The maximum atomic E-state index is 12.0. The molecule has 1 rings (SSSR count). The minimum atomic E-state index is -0.220. The average Bonchev–Trinajstić information content (AvgIpc) is 2.25. The standard InChI is InChI=1S/C13H27N3O2/c1-10-8-16(6-5-15-10)12(17)7-11(14)9-18-13(2,3)4/h10-11,15H,5-9,14H2,1-4H3/t10-,11+/m1/s1. The highest BCUT2D eigenvalue weighted by Crippen LogP contribution is 2.09. The van der Waals surface area contributed by atoms with Crippen LogP contribution < -0.4 is 11.1 Å². The molecule has 1 aliphatic heterocycles. The van der Waals surface area contributed by atoms with Gasteiger partial charge in [0.15, 0.2) is 0 Å². The molecular formula is C13H27N3O2. The van der Waals surface area contributed by atoms with Crippen molar-refractivity contribution in [3.63, 3.8) is 0 Å². The summed E-state index contributed by atoms with van der Waals surface area (Å²) in [5.74, 6) is 0.133. The Morgan fingerprint density at radius 2 is 2.22 bits per heavy atom. The van der Waals surface area contributed by atoms with Gasteiger partial charge in [0.1, 0.15) is 0 Å². The number of ether oxygens (including phenoxy) is 1. The molecule has 0 saturated carbocycles. The van der Waals surface area contributed by atoms with Crippen molar-refractivity contribution in [3.8, 4) is 0 Å². The van der Waals surface area contributed by atoms with Gasteiger partial charge in [0.25, 0.3) is 0 Å². The Bertz CT molecular complexity index is 276. The molecule has 18 heavy (non-hydrogen) atoms. The van der Waals surface area contributed by atoms with E-state index in [1.54, 1.807) is 0 Å². The fourth-order valence-corrected chi connectivity index (χ4v) is 1.93. The van der Waals surface area contributed by atoms with Crippen LogP contribution in [-0.2, 0) is 9.53 Å². The number of carbonyl (C=O) groups is 1. The highest BCUT2D eigenvalue weighted by Gasteiger charge is 2.22. The number of hydrogen-bond acceptors (Lipinski definition) is 4. The first kappa shape index (κ1) is 15.4. The van der Waals surface area contributed by atoms with Crippen LogP contribution in [0.4, 0.5) is 0 Å². The number of nitrogens with one attached hydrogen (secondary N) is 1. The molecular weight excluding hydrogens is 230 g/mol. The van der Waals surface area contributed by atoms with Gasteiger partial charge in [0, 0.05) is 38.1 Å². The van der Waals surface area contributed by atoms with E-state index in [2.05, 4.69) is 12.2 Å². The predicted molar refractivity (Wildman–Crippen MR) is 72.3 cm³/mol. The third-order valence-corrected chi connectivity index (χ3v) is 2.89. The van der Waals surface area contributed by atoms with Crippen LogP contribution in [0.1, 0.15) is 34.1 Å². The lowest BCUT2D eigenvalue weighted by Crippen LogP contribution is -2.52. The van der Waals surface area contributed by atoms with Gasteiger partial charge >= 0.3 is 0 Å². The van der Waals surface area contributed by atoms with Gasteiger partial charge in [-0.2, -0.15) is 0 Å². The zero-order valence-corrected chi connectivity index (χ0v) is 12.0. The van der Waals surface area contributed by atoms with Crippen molar-refractivity contribution in [3.05, 3.63) is 0 Å². The van der Waals surface area contributed by atoms with E-state index in [-0.39, 0.29) is 17.6 Å². The maximum Gasteiger partial charge on any atom is 0.224 e. The summed E-state index contributed by atoms with van der Waals surface area (Å²) in [6, 6.07) is 0.145. The summed E-state index contributed by atoms with van der Waals surface area (Å²) in [5, 5.41) is 3.32. The summed E-state index contributed by atoms with van der Waals surface area (Å²) < 4.78 is 5.59. The van der Waals surface area contributed by atoms with Gasteiger partial charge in [0.2, 0.25) is 5.91 Å². The molecule has 3 N–H and O–H groups in total. The van der Waals surface area contributed by atoms with Crippen LogP contribution in [-0.4, -0.2) is 54.7 Å². The summed E-state index contributed by atoms with van der Waals surface area (Å²) in [6.07, 6.45) is 0.364. The molecule has 1 fully saturated rings. The van der Waals surface area contributed by atoms with E-state index in [4.69, 9.17) is 10.5 Å². The van der Waals surface area contributed by atoms with Crippen LogP contribution in [0.15, 0.2) is 0 Å². The molecule has 0 radical (unpaired) electrons. The van der Waals surface area contributed by atoms with E-state index in [0.717, 1.165) is 19.6 Å². The minimum absolute atomic E-state index is 0.133. The van der Waals surface area contributed by atoms with Gasteiger partial charge in [-0.05, 0) is 27.7 Å². The smallest absolute Gasteiger partial charge is 0.224 e. The zero-order valence-electron chi connectivity index (χ0n) is 12.0. The Labute approximate surface area is 110 Å². The quantitative estimate of drug-likeness (QED) is 0.762. The molecule has 0 aliphatic carbocycles.